The van der Waals surface area contributed by atoms with Gasteiger partial charge in [0.15, 0.2) is 17.2 Å². The van der Waals surface area contributed by atoms with E-state index in [1.165, 1.54) is 24.5 Å². The van der Waals surface area contributed by atoms with Gasteiger partial charge in [-0.3, -0.25) is 10.00 Å². The molecule has 2 aromatic carbocycles. The van der Waals surface area contributed by atoms with Crippen LogP contribution in [0, 0.1) is 12.7 Å². The molecule has 0 aliphatic carbocycles. The van der Waals surface area contributed by atoms with Crippen LogP contribution in [0.5, 0.6) is 5.75 Å². The van der Waals surface area contributed by atoms with E-state index >= 15 is 0 Å². The van der Waals surface area contributed by atoms with Gasteiger partial charge in [-0.25, -0.2) is 14.4 Å². The van der Waals surface area contributed by atoms with E-state index in [2.05, 4.69) is 75.9 Å². The average Bonchev–Trinajstić information content (AvgIpc) is 3.60. The summed E-state index contributed by atoms with van der Waals surface area (Å²) < 4.78 is 21.8. The van der Waals surface area contributed by atoms with Gasteiger partial charge >= 0.3 is 0 Å². The predicted molar refractivity (Wildman–Crippen MR) is 152 cm³/mol. The molecule has 0 radical (unpaired) electrons. The van der Waals surface area contributed by atoms with Gasteiger partial charge in [0.25, 0.3) is 0 Å². The minimum atomic E-state index is -0.318. The number of aromatic nitrogens is 4. The Hall–Kier alpha value is -3.24. The van der Waals surface area contributed by atoms with Crippen molar-refractivity contribution in [2.75, 3.05) is 62.2 Å². The maximum Gasteiger partial charge on any atom is 0.187 e. The number of H-pyrrole nitrogens is 1. The number of hydrogen-bond donors (Lipinski definition) is 1. The summed E-state index contributed by atoms with van der Waals surface area (Å²) in [6, 6.07) is 11.5. The van der Waals surface area contributed by atoms with E-state index in [0.717, 1.165) is 78.4 Å². The molecule has 2 fully saturated rings. The smallest absolute Gasteiger partial charge is 0.187 e. The van der Waals surface area contributed by atoms with E-state index < -0.39 is 0 Å². The van der Waals surface area contributed by atoms with Gasteiger partial charge in [-0.1, -0.05) is 24.3 Å². The number of likely N-dealkylation sites (tertiary alicyclic amines) is 1. The summed E-state index contributed by atoms with van der Waals surface area (Å²) in [6.45, 7) is 8.95. The van der Waals surface area contributed by atoms with E-state index in [0.29, 0.717) is 18.0 Å². The zero-order valence-corrected chi connectivity index (χ0v) is 23.0. The Labute approximate surface area is 229 Å². The first-order chi connectivity index (χ1) is 18.6. The normalized spacial score (nSPS) is 16.5. The molecule has 2 aromatic heterocycles. The lowest BCUT2D eigenvalue weighted by Crippen LogP contribution is -2.47. The standard InChI is InChI=1S/C28H31BrFN7O/c1-19-7-8-20(21-5-4-6-22(30)25(21)38-16-15-35-9-2-3-10-35)17-23(19)36-11-13-37(14-12-36)28-24-26(29)33-34-27(24)31-18-32-28/h4-8,17-18H,2-3,9-16H2,1H3,(H,31,32,33,34). The number of piperazine rings is 1. The summed E-state index contributed by atoms with van der Waals surface area (Å²) in [5.74, 6) is 0.905. The molecule has 0 unspecified atom stereocenters. The molecule has 0 saturated carbocycles. The molecular formula is C28H31BrFN7O. The summed E-state index contributed by atoms with van der Waals surface area (Å²) in [6.07, 6.45) is 4.03. The van der Waals surface area contributed by atoms with Crippen molar-refractivity contribution in [1.82, 2.24) is 25.1 Å². The van der Waals surface area contributed by atoms with Crippen LogP contribution in [0.2, 0.25) is 0 Å². The summed E-state index contributed by atoms with van der Waals surface area (Å²) in [5.41, 5.74) is 4.76. The Kier molecular flexibility index (Phi) is 7.16. The van der Waals surface area contributed by atoms with Crippen LogP contribution >= 0.6 is 15.9 Å². The lowest BCUT2D eigenvalue weighted by molar-refractivity contribution is 0.232. The van der Waals surface area contributed by atoms with Gasteiger partial charge in [-0.2, -0.15) is 5.10 Å². The Morgan fingerprint density at radius 3 is 2.61 bits per heavy atom. The monoisotopic (exact) mass is 579 g/mol. The van der Waals surface area contributed by atoms with Gasteiger partial charge in [0.05, 0.1) is 5.39 Å². The van der Waals surface area contributed by atoms with Gasteiger partial charge in [-0.15, -0.1) is 0 Å². The highest BCUT2D eigenvalue weighted by Crippen LogP contribution is 2.36. The van der Waals surface area contributed by atoms with Crippen molar-refractivity contribution in [3.8, 4) is 16.9 Å². The molecule has 4 aromatic rings. The van der Waals surface area contributed by atoms with Gasteiger partial charge in [0.2, 0.25) is 0 Å². The molecule has 198 valence electrons. The first-order valence-corrected chi connectivity index (χ1v) is 14.0. The molecule has 2 aliphatic heterocycles. The summed E-state index contributed by atoms with van der Waals surface area (Å²) in [7, 11) is 0. The predicted octanol–water partition coefficient (Wildman–Crippen LogP) is 5.03. The molecule has 2 aliphatic rings. The topological polar surface area (TPSA) is 73.4 Å². The number of nitrogens with zero attached hydrogens (tertiary/aromatic N) is 6. The number of halogens is 2. The molecule has 0 bridgehead atoms. The van der Waals surface area contributed by atoms with Gasteiger partial charge in [-0.05, 0) is 72.0 Å². The SMILES string of the molecule is Cc1ccc(-c2cccc(F)c2OCCN2CCCC2)cc1N1CCN(c2ncnc3n[nH]c(Br)c23)CC1. The highest BCUT2D eigenvalue weighted by Gasteiger charge is 2.24. The average molecular weight is 581 g/mol. The molecule has 0 spiro atoms. The molecular weight excluding hydrogens is 549 g/mol. The fourth-order valence-electron chi connectivity index (χ4n) is 5.49. The Morgan fingerprint density at radius 2 is 1.79 bits per heavy atom. The van der Waals surface area contributed by atoms with Crippen LogP contribution in [0.3, 0.4) is 0 Å². The molecule has 1 N–H and O–H groups in total. The largest absolute Gasteiger partial charge is 0.489 e. The van der Waals surface area contributed by atoms with Crippen LogP contribution < -0.4 is 14.5 Å². The van der Waals surface area contributed by atoms with Crippen molar-refractivity contribution in [3.05, 3.63) is 58.7 Å². The van der Waals surface area contributed by atoms with E-state index in [1.807, 2.05) is 6.07 Å². The van der Waals surface area contributed by atoms with Gasteiger partial charge in [0, 0.05) is 44.0 Å². The summed E-state index contributed by atoms with van der Waals surface area (Å²) in [5, 5.41) is 8.09. The fraction of sp³-hybridized carbons (Fsp3) is 0.393. The number of benzene rings is 2. The zero-order valence-electron chi connectivity index (χ0n) is 21.5. The summed E-state index contributed by atoms with van der Waals surface area (Å²) in [4.78, 5) is 15.9. The highest BCUT2D eigenvalue weighted by molar-refractivity contribution is 9.10. The third kappa shape index (κ3) is 4.94. The van der Waals surface area contributed by atoms with Crippen LogP contribution in [-0.4, -0.2) is 77.5 Å². The maximum atomic E-state index is 14.9. The third-order valence-electron chi connectivity index (χ3n) is 7.55. The van der Waals surface area contributed by atoms with Crippen molar-refractivity contribution in [2.24, 2.45) is 0 Å². The molecule has 4 heterocycles. The second-order valence-corrected chi connectivity index (χ2v) is 10.7. The number of rotatable bonds is 7. The van der Waals surface area contributed by atoms with Crippen molar-refractivity contribution in [3.63, 3.8) is 0 Å². The van der Waals surface area contributed by atoms with Crippen molar-refractivity contribution < 1.29 is 9.13 Å². The molecule has 2 saturated heterocycles. The number of fused-ring (bicyclic) bond motifs is 1. The molecule has 10 heteroatoms. The first kappa shape index (κ1) is 25.1. The van der Waals surface area contributed by atoms with Crippen LogP contribution in [0.25, 0.3) is 22.2 Å². The minimum Gasteiger partial charge on any atom is -0.489 e. The van der Waals surface area contributed by atoms with E-state index in [1.54, 1.807) is 12.4 Å². The molecule has 8 nitrogen and oxygen atoms in total. The van der Waals surface area contributed by atoms with Crippen molar-refractivity contribution in [2.45, 2.75) is 19.8 Å². The number of anilines is 2. The number of ether oxygens (including phenoxy) is 1. The lowest BCUT2D eigenvalue weighted by Gasteiger charge is -2.37. The van der Waals surface area contributed by atoms with Crippen LogP contribution in [0.4, 0.5) is 15.9 Å². The fourth-order valence-corrected chi connectivity index (χ4v) is 5.93. The van der Waals surface area contributed by atoms with Crippen LogP contribution in [0.15, 0.2) is 47.3 Å². The number of aryl methyl sites for hydroxylation is 1. The number of aromatic amines is 1. The molecule has 0 atom stereocenters. The maximum absolute atomic E-state index is 14.9. The van der Waals surface area contributed by atoms with E-state index in [4.69, 9.17) is 4.74 Å². The second kappa shape index (κ2) is 10.9. The van der Waals surface area contributed by atoms with Crippen molar-refractivity contribution in [1.29, 1.82) is 0 Å². The van der Waals surface area contributed by atoms with Crippen LogP contribution in [0.1, 0.15) is 18.4 Å². The van der Waals surface area contributed by atoms with Gasteiger partial charge < -0.3 is 14.5 Å². The second-order valence-electron chi connectivity index (χ2n) is 9.92. The van der Waals surface area contributed by atoms with Gasteiger partial charge in [0.1, 0.15) is 23.4 Å². The minimum absolute atomic E-state index is 0.318. The molecule has 0 amide bonds. The van der Waals surface area contributed by atoms with E-state index in [-0.39, 0.29) is 5.82 Å². The highest BCUT2D eigenvalue weighted by atomic mass is 79.9. The quantitative estimate of drug-likeness (QED) is 0.329. The number of para-hydroxylation sites is 1. The Bertz CT molecular complexity index is 1430. The Balaban J connectivity index is 1.20. The third-order valence-corrected chi connectivity index (χ3v) is 8.12. The Morgan fingerprint density at radius 1 is 1.00 bits per heavy atom. The summed E-state index contributed by atoms with van der Waals surface area (Å²) >= 11 is 3.54. The molecule has 6 rings (SSSR count). The number of nitrogens with one attached hydrogen (secondary N) is 1. The zero-order chi connectivity index (χ0) is 26.1. The van der Waals surface area contributed by atoms with E-state index in [9.17, 15) is 4.39 Å². The first-order valence-electron chi connectivity index (χ1n) is 13.2. The lowest BCUT2D eigenvalue weighted by atomic mass is 10.0. The van der Waals surface area contributed by atoms with Crippen LogP contribution in [-0.2, 0) is 0 Å². The molecule has 38 heavy (non-hydrogen) atoms. The van der Waals surface area contributed by atoms with Crippen molar-refractivity contribution >= 4 is 38.5 Å². The number of hydrogen-bond acceptors (Lipinski definition) is 7.